The molecule has 1 rings (SSSR count). The molecular formula is C8H16ClN. The predicted molar refractivity (Wildman–Crippen MR) is 47.7 cm³/mol. The van der Waals surface area contributed by atoms with Crippen molar-refractivity contribution in [2.45, 2.75) is 19.8 Å². The Balaban J connectivity index is 0.000000810. The topological polar surface area (TPSA) is 3.24 Å². The molecular weight excluding hydrogens is 146 g/mol. The highest BCUT2D eigenvalue weighted by atomic mass is 35.5. The molecule has 2 heteroatoms. The van der Waals surface area contributed by atoms with Crippen molar-refractivity contribution in [3.05, 3.63) is 12.2 Å². The minimum absolute atomic E-state index is 0. The molecule has 0 aromatic carbocycles. The zero-order chi connectivity index (χ0) is 6.53. The lowest BCUT2D eigenvalue weighted by Gasteiger charge is -2.21. The molecule has 0 aliphatic carbocycles. The van der Waals surface area contributed by atoms with E-state index in [1.165, 1.54) is 32.5 Å². The van der Waals surface area contributed by atoms with Crippen molar-refractivity contribution >= 4 is 12.4 Å². The quantitative estimate of drug-likeness (QED) is 0.561. The SMILES string of the molecule is CCCN1CC=CCC1.Cl. The number of halogens is 1. The van der Waals surface area contributed by atoms with Crippen LogP contribution in [0.2, 0.25) is 0 Å². The van der Waals surface area contributed by atoms with Gasteiger partial charge in [0.05, 0.1) is 0 Å². The van der Waals surface area contributed by atoms with Crippen molar-refractivity contribution in [3.8, 4) is 0 Å². The monoisotopic (exact) mass is 161 g/mol. The van der Waals surface area contributed by atoms with Crippen LogP contribution in [0.25, 0.3) is 0 Å². The van der Waals surface area contributed by atoms with Gasteiger partial charge in [-0.2, -0.15) is 0 Å². The van der Waals surface area contributed by atoms with Gasteiger partial charge in [-0.25, -0.2) is 0 Å². The first-order chi connectivity index (χ1) is 4.43. The minimum Gasteiger partial charge on any atom is -0.299 e. The Hall–Kier alpha value is -0.0100. The molecule has 0 unspecified atom stereocenters. The van der Waals surface area contributed by atoms with Crippen LogP contribution in [-0.2, 0) is 0 Å². The van der Waals surface area contributed by atoms with Gasteiger partial charge < -0.3 is 0 Å². The third kappa shape index (κ3) is 3.23. The molecule has 0 N–H and O–H groups in total. The largest absolute Gasteiger partial charge is 0.299 e. The second-order valence-corrected chi connectivity index (χ2v) is 2.56. The fourth-order valence-corrected chi connectivity index (χ4v) is 1.21. The molecule has 0 bridgehead atoms. The van der Waals surface area contributed by atoms with Gasteiger partial charge in [0.1, 0.15) is 0 Å². The van der Waals surface area contributed by atoms with Gasteiger partial charge in [0.2, 0.25) is 0 Å². The highest BCUT2D eigenvalue weighted by Crippen LogP contribution is 2.00. The first-order valence-electron chi connectivity index (χ1n) is 3.81. The number of hydrogen-bond donors (Lipinski definition) is 0. The molecule has 10 heavy (non-hydrogen) atoms. The van der Waals surface area contributed by atoms with Crippen molar-refractivity contribution in [1.29, 1.82) is 0 Å². The molecule has 0 saturated heterocycles. The van der Waals surface area contributed by atoms with Gasteiger partial charge in [-0.3, -0.25) is 4.90 Å². The van der Waals surface area contributed by atoms with Gasteiger partial charge in [0.25, 0.3) is 0 Å². The number of nitrogens with zero attached hydrogens (tertiary/aromatic N) is 1. The zero-order valence-electron chi connectivity index (χ0n) is 6.55. The maximum Gasteiger partial charge on any atom is 0.0163 e. The molecule has 1 aliphatic heterocycles. The Morgan fingerprint density at radius 3 is 2.70 bits per heavy atom. The van der Waals surface area contributed by atoms with Crippen molar-refractivity contribution in [2.75, 3.05) is 19.6 Å². The molecule has 1 nitrogen and oxygen atoms in total. The lowest BCUT2D eigenvalue weighted by Crippen LogP contribution is -2.27. The summed E-state index contributed by atoms with van der Waals surface area (Å²) in [7, 11) is 0. The van der Waals surface area contributed by atoms with Crippen LogP contribution in [0.15, 0.2) is 12.2 Å². The van der Waals surface area contributed by atoms with Crippen LogP contribution < -0.4 is 0 Å². The van der Waals surface area contributed by atoms with Crippen molar-refractivity contribution < 1.29 is 0 Å². The maximum atomic E-state index is 2.49. The first kappa shape index (κ1) is 9.99. The molecule has 0 atom stereocenters. The fraction of sp³-hybridized carbons (Fsp3) is 0.750. The summed E-state index contributed by atoms with van der Waals surface area (Å²) in [5.41, 5.74) is 0. The van der Waals surface area contributed by atoms with Gasteiger partial charge in [0.15, 0.2) is 0 Å². The third-order valence-corrected chi connectivity index (χ3v) is 1.68. The minimum atomic E-state index is 0. The lowest BCUT2D eigenvalue weighted by molar-refractivity contribution is 0.299. The van der Waals surface area contributed by atoms with Gasteiger partial charge in [-0.15, -0.1) is 12.4 Å². The molecule has 0 aromatic rings. The summed E-state index contributed by atoms with van der Waals surface area (Å²) in [6.45, 7) is 5.95. The predicted octanol–water partition coefficient (Wildman–Crippen LogP) is 2.08. The van der Waals surface area contributed by atoms with Gasteiger partial charge in [0, 0.05) is 13.1 Å². The van der Waals surface area contributed by atoms with Crippen LogP contribution in [-0.4, -0.2) is 24.5 Å². The molecule has 0 radical (unpaired) electrons. The van der Waals surface area contributed by atoms with Crippen LogP contribution in [0.1, 0.15) is 19.8 Å². The van der Waals surface area contributed by atoms with E-state index < -0.39 is 0 Å². The molecule has 0 saturated carbocycles. The van der Waals surface area contributed by atoms with E-state index in [4.69, 9.17) is 0 Å². The average molecular weight is 162 g/mol. The molecule has 1 aliphatic rings. The third-order valence-electron chi connectivity index (χ3n) is 1.68. The Morgan fingerprint density at radius 2 is 2.20 bits per heavy atom. The van der Waals surface area contributed by atoms with E-state index in [0.717, 1.165) is 0 Å². The van der Waals surface area contributed by atoms with E-state index in [-0.39, 0.29) is 12.4 Å². The molecule has 0 spiro atoms. The zero-order valence-corrected chi connectivity index (χ0v) is 7.36. The Kier molecular flexibility index (Phi) is 5.74. The number of rotatable bonds is 2. The van der Waals surface area contributed by atoms with E-state index in [1.807, 2.05) is 0 Å². The maximum absolute atomic E-state index is 2.49. The van der Waals surface area contributed by atoms with E-state index >= 15 is 0 Å². The normalized spacial score (nSPS) is 18.5. The van der Waals surface area contributed by atoms with E-state index in [9.17, 15) is 0 Å². The second kappa shape index (κ2) is 5.75. The Bertz CT molecular complexity index is 101. The van der Waals surface area contributed by atoms with E-state index in [0.29, 0.717) is 0 Å². The van der Waals surface area contributed by atoms with Gasteiger partial charge >= 0.3 is 0 Å². The summed E-state index contributed by atoms with van der Waals surface area (Å²) in [6, 6.07) is 0. The summed E-state index contributed by atoms with van der Waals surface area (Å²) in [5.74, 6) is 0. The summed E-state index contributed by atoms with van der Waals surface area (Å²) in [5, 5.41) is 0. The molecule has 1 heterocycles. The summed E-state index contributed by atoms with van der Waals surface area (Å²) in [4.78, 5) is 2.49. The average Bonchev–Trinajstić information content (AvgIpc) is 1.91. The van der Waals surface area contributed by atoms with Crippen molar-refractivity contribution in [2.24, 2.45) is 0 Å². The van der Waals surface area contributed by atoms with Crippen LogP contribution in [0.5, 0.6) is 0 Å². The number of hydrogen-bond acceptors (Lipinski definition) is 1. The standard InChI is InChI=1S/C8H15N.ClH/c1-2-6-9-7-4-3-5-8-9;/h3-4H,2,5-8H2,1H3;1H. The van der Waals surface area contributed by atoms with Crippen LogP contribution in [0, 0.1) is 0 Å². The summed E-state index contributed by atoms with van der Waals surface area (Å²) < 4.78 is 0. The Morgan fingerprint density at radius 1 is 1.40 bits per heavy atom. The smallest absolute Gasteiger partial charge is 0.0163 e. The van der Waals surface area contributed by atoms with Crippen LogP contribution in [0.3, 0.4) is 0 Å². The second-order valence-electron chi connectivity index (χ2n) is 2.56. The van der Waals surface area contributed by atoms with Gasteiger partial charge in [-0.05, 0) is 19.4 Å². The lowest BCUT2D eigenvalue weighted by atomic mass is 10.2. The summed E-state index contributed by atoms with van der Waals surface area (Å²) in [6.07, 6.45) is 7.07. The molecule has 60 valence electrons. The highest BCUT2D eigenvalue weighted by Gasteiger charge is 2.02. The van der Waals surface area contributed by atoms with Gasteiger partial charge in [-0.1, -0.05) is 19.1 Å². The van der Waals surface area contributed by atoms with Crippen molar-refractivity contribution in [1.82, 2.24) is 4.90 Å². The molecule has 0 amide bonds. The molecule has 0 aromatic heterocycles. The Labute approximate surface area is 69.5 Å². The van der Waals surface area contributed by atoms with Crippen molar-refractivity contribution in [3.63, 3.8) is 0 Å². The van der Waals surface area contributed by atoms with Crippen LogP contribution in [0.4, 0.5) is 0 Å². The van der Waals surface area contributed by atoms with Crippen LogP contribution >= 0.6 is 12.4 Å². The highest BCUT2D eigenvalue weighted by molar-refractivity contribution is 5.85. The first-order valence-corrected chi connectivity index (χ1v) is 3.81. The summed E-state index contributed by atoms with van der Waals surface area (Å²) >= 11 is 0. The van der Waals surface area contributed by atoms with E-state index in [1.54, 1.807) is 0 Å². The molecule has 0 fully saturated rings. The fourth-order valence-electron chi connectivity index (χ4n) is 1.21. The van der Waals surface area contributed by atoms with E-state index in [2.05, 4.69) is 24.0 Å².